The minimum atomic E-state index is -1.02. The van der Waals surface area contributed by atoms with Crippen LogP contribution in [0, 0.1) is 11.7 Å². The van der Waals surface area contributed by atoms with E-state index < -0.39 is 17.2 Å². The summed E-state index contributed by atoms with van der Waals surface area (Å²) in [5.74, 6) is -0.762. The van der Waals surface area contributed by atoms with Crippen LogP contribution >= 0.6 is 0 Å². The zero-order chi connectivity index (χ0) is 28.4. The number of benzene rings is 2. The Morgan fingerprint density at radius 2 is 1.85 bits per heavy atom. The highest BCUT2D eigenvalue weighted by Crippen LogP contribution is 2.17. The second-order valence-electron chi connectivity index (χ2n) is 9.81. The van der Waals surface area contributed by atoms with E-state index in [1.807, 2.05) is 61.3 Å². The third kappa shape index (κ3) is 7.59. The maximum absolute atomic E-state index is 15.7. The Balaban J connectivity index is 2.19. The molecule has 39 heavy (non-hydrogen) atoms. The van der Waals surface area contributed by atoms with Crippen LogP contribution in [0.15, 0.2) is 59.5 Å². The predicted octanol–water partition coefficient (Wildman–Crippen LogP) is 4.64. The molecule has 0 saturated heterocycles. The first-order valence-electron chi connectivity index (χ1n) is 13.6. The van der Waals surface area contributed by atoms with Crippen molar-refractivity contribution < 1.29 is 18.7 Å². The molecule has 0 atom stereocenters. The first-order valence-corrected chi connectivity index (χ1v) is 13.6. The van der Waals surface area contributed by atoms with E-state index in [1.165, 1.54) is 11.8 Å². The summed E-state index contributed by atoms with van der Waals surface area (Å²) in [7, 11) is 1.88. The molecule has 0 unspecified atom stereocenters. The molecule has 0 aliphatic carbocycles. The Morgan fingerprint density at radius 1 is 1.10 bits per heavy atom. The number of esters is 1. The van der Waals surface area contributed by atoms with Crippen molar-refractivity contribution in [3.8, 4) is 5.75 Å². The van der Waals surface area contributed by atoms with Crippen molar-refractivity contribution in [2.45, 2.75) is 47.0 Å². The van der Waals surface area contributed by atoms with Gasteiger partial charge in [-0.1, -0.05) is 69.3 Å². The van der Waals surface area contributed by atoms with Gasteiger partial charge in [0.2, 0.25) is 5.43 Å². The Morgan fingerprint density at radius 3 is 2.51 bits per heavy atom. The fourth-order valence-electron chi connectivity index (χ4n) is 4.35. The molecule has 0 aliphatic heterocycles. The van der Waals surface area contributed by atoms with Gasteiger partial charge >= 0.3 is 5.97 Å². The zero-order valence-corrected chi connectivity index (χ0v) is 23.6. The lowest BCUT2D eigenvalue weighted by atomic mass is 10.1. The maximum Gasteiger partial charge on any atom is 0.343 e. The van der Waals surface area contributed by atoms with Crippen LogP contribution in [0.2, 0.25) is 0 Å². The number of ether oxygens (including phenoxy) is 2. The van der Waals surface area contributed by atoms with Gasteiger partial charge in [0.25, 0.3) is 0 Å². The second kappa shape index (κ2) is 14.3. The van der Waals surface area contributed by atoms with Crippen LogP contribution in [-0.4, -0.2) is 42.7 Å². The predicted molar refractivity (Wildman–Crippen MR) is 154 cm³/mol. The van der Waals surface area contributed by atoms with Crippen molar-refractivity contribution in [1.82, 2.24) is 9.88 Å². The average molecular weight is 535 g/mol. The monoisotopic (exact) mass is 534 g/mol. The molecule has 1 N–H and O–H groups in total. The van der Waals surface area contributed by atoms with Gasteiger partial charge in [0.15, 0.2) is 5.82 Å². The summed E-state index contributed by atoms with van der Waals surface area (Å²) in [6, 6.07) is 15.8. The number of hydrogen-bond acceptors (Lipinski definition) is 5. The summed E-state index contributed by atoms with van der Waals surface area (Å²) in [4.78, 5) is 30.0. The van der Waals surface area contributed by atoms with Gasteiger partial charge in [0.1, 0.15) is 17.0 Å². The number of rotatable bonds is 12. The van der Waals surface area contributed by atoms with Gasteiger partial charge in [0.05, 0.1) is 18.9 Å². The summed E-state index contributed by atoms with van der Waals surface area (Å²) < 4.78 is 26.9. The van der Waals surface area contributed by atoms with E-state index >= 15 is 4.39 Å². The molecule has 0 aliphatic rings. The Kier molecular flexibility index (Phi) is 10.9. The quantitative estimate of drug-likeness (QED) is 0.343. The van der Waals surface area contributed by atoms with Crippen LogP contribution in [0.4, 0.5) is 4.39 Å². The minimum absolute atomic E-state index is 0.0199. The van der Waals surface area contributed by atoms with Gasteiger partial charge in [-0.2, -0.15) is 0 Å². The van der Waals surface area contributed by atoms with E-state index in [4.69, 9.17) is 9.47 Å². The summed E-state index contributed by atoms with van der Waals surface area (Å²) in [6.45, 7) is 9.12. The molecule has 208 valence electrons. The summed E-state index contributed by atoms with van der Waals surface area (Å²) in [5, 5.41) is 1.56. The number of carbonyl (C=O) groups excluding carboxylic acids is 1. The average Bonchev–Trinajstić information content (AvgIpc) is 2.92. The first kappa shape index (κ1) is 29.7. The highest BCUT2D eigenvalue weighted by atomic mass is 19.1. The van der Waals surface area contributed by atoms with Crippen molar-refractivity contribution in [1.29, 1.82) is 0 Å². The van der Waals surface area contributed by atoms with Crippen molar-refractivity contribution >= 4 is 17.7 Å². The molecule has 2 aromatic carbocycles. The molecule has 0 amide bonds. The smallest absolute Gasteiger partial charge is 0.343 e. The van der Waals surface area contributed by atoms with Crippen LogP contribution in [0.1, 0.15) is 62.2 Å². The Labute approximate surface area is 229 Å². The number of hydrogen-bond donors (Lipinski definition) is 1. The van der Waals surface area contributed by atoms with Crippen molar-refractivity contribution in [2.75, 3.05) is 26.8 Å². The van der Waals surface area contributed by atoms with Crippen molar-refractivity contribution in [3.05, 3.63) is 98.0 Å². The SMILES string of the molecule is CC/C=c1\c(OCCc2ccccc2)ccc\c1=C(/c1[nH]cc(C(=O)OCC)c(=O)c1F)N(C)CCC(C)C. The molecular formula is C32H39FN2O4. The minimum Gasteiger partial charge on any atom is -0.493 e. The molecule has 0 saturated carbocycles. The lowest BCUT2D eigenvalue weighted by molar-refractivity contribution is 0.0523. The fraction of sp³-hybridized carbons (Fsp3) is 0.375. The lowest BCUT2D eigenvalue weighted by Gasteiger charge is -2.25. The van der Waals surface area contributed by atoms with Gasteiger partial charge in [-0.05, 0) is 37.3 Å². The molecular weight excluding hydrogens is 495 g/mol. The number of halogens is 1. The van der Waals surface area contributed by atoms with E-state index in [1.54, 1.807) is 6.92 Å². The normalized spacial score (nSPS) is 12.4. The molecule has 6 nitrogen and oxygen atoms in total. The van der Waals surface area contributed by atoms with Crippen molar-refractivity contribution in [3.63, 3.8) is 0 Å². The van der Waals surface area contributed by atoms with Crippen LogP contribution in [-0.2, 0) is 11.2 Å². The molecule has 0 fully saturated rings. The van der Waals surface area contributed by atoms with Gasteiger partial charge in [-0.3, -0.25) is 4.79 Å². The van der Waals surface area contributed by atoms with Crippen LogP contribution in [0.25, 0.3) is 11.8 Å². The van der Waals surface area contributed by atoms with Crippen LogP contribution in [0.3, 0.4) is 0 Å². The number of nitrogens with one attached hydrogen (secondary N) is 1. The number of aromatic nitrogens is 1. The number of pyridine rings is 1. The molecule has 7 heteroatoms. The molecule has 0 radical (unpaired) electrons. The third-order valence-electron chi connectivity index (χ3n) is 6.40. The van der Waals surface area contributed by atoms with Gasteiger partial charge in [0, 0.05) is 36.6 Å². The molecule has 1 heterocycles. The summed E-state index contributed by atoms with van der Waals surface area (Å²) in [6.07, 6.45) is 5.63. The van der Waals surface area contributed by atoms with Crippen LogP contribution < -0.4 is 20.6 Å². The zero-order valence-electron chi connectivity index (χ0n) is 23.6. The highest BCUT2D eigenvalue weighted by Gasteiger charge is 2.22. The first-order chi connectivity index (χ1) is 18.8. The molecule has 0 spiro atoms. The Bertz CT molecular complexity index is 1430. The van der Waals surface area contributed by atoms with E-state index in [9.17, 15) is 9.59 Å². The molecule has 3 aromatic rings. The molecule has 1 aromatic heterocycles. The number of nitrogens with zero attached hydrogens (tertiary/aromatic N) is 1. The van der Waals surface area contributed by atoms with Gasteiger partial charge < -0.3 is 19.4 Å². The van der Waals surface area contributed by atoms with E-state index in [-0.39, 0.29) is 17.9 Å². The molecule has 0 bridgehead atoms. The second-order valence-corrected chi connectivity index (χ2v) is 9.81. The van der Waals surface area contributed by atoms with E-state index in [2.05, 4.69) is 31.0 Å². The van der Waals surface area contributed by atoms with Gasteiger partial charge in [-0.25, -0.2) is 9.18 Å². The largest absolute Gasteiger partial charge is 0.493 e. The van der Waals surface area contributed by atoms with Crippen molar-refractivity contribution in [2.24, 2.45) is 5.92 Å². The number of carbonyl (C=O) groups is 1. The molecule has 3 rings (SSSR count). The highest BCUT2D eigenvalue weighted by molar-refractivity contribution is 5.89. The van der Waals surface area contributed by atoms with Crippen LogP contribution in [0.5, 0.6) is 5.75 Å². The third-order valence-corrected chi connectivity index (χ3v) is 6.40. The maximum atomic E-state index is 15.7. The summed E-state index contributed by atoms with van der Waals surface area (Å²) >= 11 is 0. The van der Waals surface area contributed by atoms with E-state index in [0.29, 0.717) is 30.5 Å². The topological polar surface area (TPSA) is 71.6 Å². The lowest BCUT2D eigenvalue weighted by Crippen LogP contribution is -2.37. The fourth-order valence-corrected chi connectivity index (χ4v) is 4.35. The Hall–Kier alpha value is -3.87. The number of aromatic amines is 1. The van der Waals surface area contributed by atoms with E-state index in [0.717, 1.165) is 29.7 Å². The summed E-state index contributed by atoms with van der Waals surface area (Å²) in [5.41, 5.74) is 0.367. The standard InChI is InChI=1S/C32H39FN2O4/c1-6-12-24-25(15-11-16-27(24)39-20-18-23-13-9-8-10-14-23)30(35(5)19-17-22(3)4)29-28(33)31(36)26(21-34-29)32(37)38-7-2/h8-16,21-22H,6-7,17-20H2,1-5H3,(H,34,36)/b24-12-,30-25-. The van der Waals surface area contributed by atoms with Gasteiger partial charge in [-0.15, -0.1) is 0 Å². The number of H-pyrrole nitrogens is 1.